The maximum Gasteiger partial charge on any atom is 0.410 e. The Kier molecular flexibility index (Phi) is 22.7. The van der Waals surface area contributed by atoms with Gasteiger partial charge in [-0.2, -0.15) is 18.7 Å². The second kappa shape index (κ2) is 29.2. The molecule has 24 nitrogen and oxygen atoms in total. The Hall–Kier alpha value is -7.97. The van der Waals surface area contributed by atoms with E-state index in [4.69, 9.17) is 45.8 Å². The number of methoxy groups -OCH3 is 2. The predicted molar refractivity (Wildman–Crippen MR) is 323 cm³/mol. The van der Waals surface area contributed by atoms with Gasteiger partial charge in [0, 0.05) is 50.4 Å². The summed E-state index contributed by atoms with van der Waals surface area (Å²) >= 11 is 5.56. The van der Waals surface area contributed by atoms with Gasteiger partial charge in [0.05, 0.1) is 86.9 Å². The summed E-state index contributed by atoms with van der Waals surface area (Å²) in [6.07, 6.45) is 6.87. The van der Waals surface area contributed by atoms with Crippen LogP contribution in [0.2, 0.25) is 5.28 Å². The molecule has 0 atom stereocenters. The maximum atomic E-state index is 14.6. The zero-order valence-electron chi connectivity index (χ0n) is 50.6. The minimum Gasteiger partial charge on any atom is -0.495 e. The fraction of sp³-hybridized carbons (Fsp3) is 0.517. The summed E-state index contributed by atoms with van der Waals surface area (Å²) in [5, 5.41) is 8.69. The van der Waals surface area contributed by atoms with Gasteiger partial charge in [-0.1, -0.05) is 13.2 Å². The molecule has 4 amide bonds. The topological polar surface area (TPSA) is 257 Å². The maximum absolute atomic E-state index is 14.6. The molecule has 4 aliphatic heterocycles. The summed E-state index contributed by atoms with van der Waals surface area (Å²) in [7, 11) is 11.5. The molecule has 0 unspecified atom stereocenters. The third-order valence-corrected chi connectivity index (χ3v) is 14.0. The lowest BCUT2D eigenvalue weighted by atomic mass is 10.0. The number of carbonyl (C=O) groups is 4. The van der Waals surface area contributed by atoms with Crippen molar-refractivity contribution in [1.82, 2.24) is 39.5 Å². The van der Waals surface area contributed by atoms with Gasteiger partial charge in [-0.15, -0.1) is 0 Å². The van der Waals surface area contributed by atoms with E-state index in [2.05, 4.69) is 96.8 Å². The molecule has 2 aromatic carbocycles. The van der Waals surface area contributed by atoms with Crippen molar-refractivity contribution < 1.29 is 56.4 Å². The van der Waals surface area contributed by atoms with Crippen molar-refractivity contribution in [2.75, 3.05) is 126 Å². The van der Waals surface area contributed by atoms with E-state index in [9.17, 15) is 28.0 Å². The van der Waals surface area contributed by atoms with Crippen molar-refractivity contribution in [3.05, 3.63) is 78.9 Å². The van der Waals surface area contributed by atoms with Crippen molar-refractivity contribution in [2.45, 2.75) is 103 Å². The van der Waals surface area contributed by atoms with Gasteiger partial charge in [0.15, 0.2) is 0 Å². The molecule has 4 saturated heterocycles. The van der Waals surface area contributed by atoms with Crippen molar-refractivity contribution >= 4 is 75.7 Å². The molecule has 5 N–H and O–H groups in total. The molecule has 27 heteroatoms. The molecule has 4 aliphatic rings. The van der Waals surface area contributed by atoms with E-state index in [1.165, 1.54) is 29.1 Å². The van der Waals surface area contributed by atoms with E-state index in [1.807, 2.05) is 12.1 Å². The molecule has 464 valence electrons. The molecule has 6 heterocycles. The molecule has 0 spiro atoms. The van der Waals surface area contributed by atoms with Crippen LogP contribution in [-0.4, -0.2) is 194 Å². The number of hydrogen-bond acceptors (Lipinski definition) is 20. The number of carbonyl (C=O) groups excluding carboxylic acids is 4. The number of likely N-dealkylation sites (tertiary alicyclic amines) is 2. The molecule has 8 rings (SSSR count). The quantitative estimate of drug-likeness (QED) is 0.0468. The molecule has 4 fully saturated rings. The molecule has 0 bridgehead atoms. The Morgan fingerprint density at radius 3 is 1.47 bits per heavy atom. The van der Waals surface area contributed by atoms with E-state index < -0.39 is 41.1 Å². The van der Waals surface area contributed by atoms with Gasteiger partial charge < -0.3 is 79.5 Å². The fourth-order valence-corrected chi connectivity index (χ4v) is 9.38. The number of piperidine rings is 2. The summed E-state index contributed by atoms with van der Waals surface area (Å²) in [5.41, 5.74) is 8.78. The van der Waals surface area contributed by atoms with Gasteiger partial charge in [-0.3, -0.25) is 9.59 Å². The fourth-order valence-electron chi connectivity index (χ4n) is 9.26. The van der Waals surface area contributed by atoms with Crippen LogP contribution in [0.25, 0.3) is 0 Å². The number of nitrogen functional groups attached to an aromatic ring is 1. The predicted octanol–water partition coefficient (Wildman–Crippen LogP) is 8.22. The number of aromatic nitrogens is 4. The Labute approximate surface area is 500 Å². The molecule has 0 saturated carbocycles. The highest BCUT2D eigenvalue weighted by Crippen LogP contribution is 2.41. The minimum absolute atomic E-state index is 0.0635. The number of halogens is 3. The van der Waals surface area contributed by atoms with Crippen molar-refractivity contribution in [2.24, 2.45) is 0 Å². The van der Waals surface area contributed by atoms with E-state index in [0.717, 1.165) is 75.6 Å². The van der Waals surface area contributed by atoms with E-state index >= 15 is 0 Å². The summed E-state index contributed by atoms with van der Waals surface area (Å²) in [6, 6.07) is 8.29. The van der Waals surface area contributed by atoms with Gasteiger partial charge in [-0.05, 0) is 131 Å². The lowest BCUT2D eigenvalue weighted by Gasteiger charge is -2.39. The number of anilines is 7. The lowest BCUT2D eigenvalue weighted by molar-refractivity contribution is -0.112. The van der Waals surface area contributed by atoms with Crippen LogP contribution in [0.3, 0.4) is 0 Å². The molecule has 85 heavy (non-hydrogen) atoms. The van der Waals surface area contributed by atoms with Crippen molar-refractivity contribution in [3.63, 3.8) is 0 Å². The van der Waals surface area contributed by atoms with Crippen LogP contribution in [-0.2, 0) is 19.1 Å². The average Bonchev–Trinajstić information content (AvgIpc) is 3.58. The van der Waals surface area contributed by atoms with Crippen molar-refractivity contribution in [1.29, 1.82) is 0 Å². The Balaban J connectivity index is 0.000000226. The number of nitrogens with one attached hydrogen (secondary N) is 3. The van der Waals surface area contributed by atoms with Crippen LogP contribution in [0.15, 0.2) is 62.0 Å². The first-order chi connectivity index (χ1) is 40.1. The van der Waals surface area contributed by atoms with Gasteiger partial charge in [0.25, 0.3) is 11.8 Å². The summed E-state index contributed by atoms with van der Waals surface area (Å²) in [4.78, 5) is 75.2. The van der Waals surface area contributed by atoms with Crippen LogP contribution in [0.5, 0.6) is 23.3 Å². The molecule has 0 radical (unpaired) electrons. The Morgan fingerprint density at radius 1 is 0.647 bits per heavy atom. The van der Waals surface area contributed by atoms with E-state index in [-0.39, 0.29) is 54.0 Å². The van der Waals surface area contributed by atoms with Crippen LogP contribution >= 0.6 is 11.6 Å². The number of benzene rings is 2. The molecule has 4 aromatic rings. The second-order valence-electron chi connectivity index (χ2n) is 22.9. The molecule has 2 aromatic heterocycles. The summed E-state index contributed by atoms with van der Waals surface area (Å²) < 4.78 is 60.5. The van der Waals surface area contributed by atoms with Gasteiger partial charge in [-0.25, -0.2) is 19.6 Å². The number of ether oxygens (including phenoxy) is 6. The first-order valence-electron chi connectivity index (χ1n) is 27.7. The number of amides is 4. The SMILES string of the molecule is C=CC(=O)Nc1cc(N)c(OC)cc1N1CCC(N(C)C)CC1.C=CC(=O)Nc1cc(Nc2ncc(F)c(OC3CN(C(=O)OC(C)(C)C)C3)n2)c(OC)cc1N1CCC(N(C)C)CC1.CC(C)(C)OC(=O)N1CC(Oc2nc(Cl)ncc2F)C1. The first kappa shape index (κ1) is 66.2. The average molecular weight is 1210 g/mol. The summed E-state index contributed by atoms with van der Waals surface area (Å²) in [6.45, 7) is 22.4. The smallest absolute Gasteiger partial charge is 0.410 e. The number of rotatable bonds is 16. The van der Waals surface area contributed by atoms with Gasteiger partial charge >= 0.3 is 12.2 Å². The van der Waals surface area contributed by atoms with Gasteiger partial charge in [0.1, 0.15) is 34.9 Å². The minimum atomic E-state index is -0.737. The van der Waals surface area contributed by atoms with Crippen LogP contribution < -0.4 is 50.4 Å². The summed E-state index contributed by atoms with van der Waals surface area (Å²) in [5.74, 6) is -1.33. The highest BCUT2D eigenvalue weighted by molar-refractivity contribution is 6.28. The third kappa shape index (κ3) is 19.0. The number of nitrogens with zero attached hydrogens (tertiary/aromatic N) is 10. The van der Waals surface area contributed by atoms with Crippen molar-refractivity contribution in [3.8, 4) is 23.3 Å². The Morgan fingerprint density at radius 2 is 1.06 bits per heavy atom. The zero-order valence-corrected chi connectivity index (χ0v) is 51.3. The van der Waals surface area contributed by atoms with E-state index in [0.29, 0.717) is 59.4 Å². The van der Waals surface area contributed by atoms with Crippen LogP contribution in [0.1, 0.15) is 67.2 Å². The largest absolute Gasteiger partial charge is 0.495 e. The highest BCUT2D eigenvalue weighted by Gasteiger charge is 2.38. The molecular weight excluding hydrogens is 1130 g/mol. The second-order valence-corrected chi connectivity index (χ2v) is 23.3. The monoisotopic (exact) mass is 1210 g/mol. The molecule has 0 aliphatic carbocycles. The molecular formula is C58H81ClF2N14O10. The standard InChI is InChI=1S/C29H40FN7O5.C17H26N4O2.C12H15ClFN3O3/c1-8-25(38)32-21-13-22(24(40-7)14-23(21)36-11-9-18(10-12-36)35(5)6)33-27-31-15-20(30)26(34-27)41-19-16-37(17-19)28(39)42-29(2,3)4;1-5-17(22)19-14-10-13(18)16(23-4)11-15(14)21-8-6-12(7-9-21)20(2)3;1-12(2,3)20-11(18)17-5-7(6-17)19-9-8(14)4-15-10(13)16-9/h8,13-15,18-19H,1,9-12,16-17H2,2-7H3,(H,32,38)(H,31,33,34);5,10-12H,1,6-9,18H2,2-4H3,(H,19,22);4,7H,5-6H2,1-3H3. The van der Waals surface area contributed by atoms with Crippen LogP contribution in [0, 0.1) is 11.6 Å². The van der Waals surface area contributed by atoms with E-state index in [1.54, 1.807) is 60.8 Å². The van der Waals surface area contributed by atoms with Crippen LogP contribution in [0.4, 0.5) is 58.4 Å². The normalized spacial score (nSPS) is 15.9. The lowest BCUT2D eigenvalue weighted by Crippen LogP contribution is -2.57. The first-order valence-corrected chi connectivity index (χ1v) is 28.1. The zero-order chi connectivity index (χ0) is 62.5. The Bertz CT molecular complexity index is 2990. The highest BCUT2D eigenvalue weighted by atomic mass is 35.5. The third-order valence-electron chi connectivity index (χ3n) is 13.8. The number of nitrogens with two attached hydrogens (primary N) is 1. The number of hydrogen-bond donors (Lipinski definition) is 4. The van der Waals surface area contributed by atoms with Gasteiger partial charge in [0.2, 0.25) is 34.7 Å².